The summed E-state index contributed by atoms with van der Waals surface area (Å²) < 4.78 is 8.20. The minimum atomic E-state index is -0.0754. The van der Waals surface area contributed by atoms with Crippen LogP contribution in [0.2, 0.25) is 5.02 Å². The first-order valence-corrected chi connectivity index (χ1v) is 11.0. The zero-order chi connectivity index (χ0) is 22.4. The third-order valence-corrected chi connectivity index (χ3v) is 6.10. The van der Waals surface area contributed by atoms with Crippen molar-refractivity contribution in [2.45, 2.75) is 27.3 Å². The highest BCUT2D eigenvalue weighted by Gasteiger charge is 2.23. The number of anilines is 2. The van der Waals surface area contributed by atoms with Crippen molar-refractivity contribution in [3.8, 4) is 11.1 Å². The van der Waals surface area contributed by atoms with Gasteiger partial charge in [0.05, 0.1) is 16.5 Å². The molecular formula is C27H23ClN2O2. The molecule has 1 N–H and O–H groups in total. The molecular weight excluding hydrogens is 420 g/mol. The molecule has 0 amide bonds. The average molecular weight is 443 g/mol. The quantitative estimate of drug-likeness (QED) is 0.314. The number of halogens is 1. The summed E-state index contributed by atoms with van der Waals surface area (Å²) in [6.45, 7) is 6.66. The van der Waals surface area contributed by atoms with Crippen molar-refractivity contribution in [1.29, 1.82) is 0 Å². The Labute approximate surface area is 191 Å². The van der Waals surface area contributed by atoms with Gasteiger partial charge in [0.25, 0.3) is 5.56 Å². The van der Waals surface area contributed by atoms with Crippen molar-refractivity contribution in [1.82, 2.24) is 4.57 Å². The van der Waals surface area contributed by atoms with Crippen LogP contribution in [0.1, 0.15) is 18.1 Å². The molecule has 0 bridgehead atoms. The van der Waals surface area contributed by atoms with Crippen molar-refractivity contribution in [2.24, 2.45) is 0 Å². The molecule has 3 aromatic carbocycles. The number of fused-ring (bicyclic) bond motifs is 3. The summed E-state index contributed by atoms with van der Waals surface area (Å²) in [7, 11) is 0. The van der Waals surface area contributed by atoms with E-state index in [2.05, 4.69) is 31.3 Å². The van der Waals surface area contributed by atoms with Crippen LogP contribution in [-0.2, 0) is 6.54 Å². The molecule has 2 aromatic heterocycles. The number of benzene rings is 3. The van der Waals surface area contributed by atoms with Gasteiger partial charge in [0.15, 0.2) is 5.58 Å². The van der Waals surface area contributed by atoms with Crippen LogP contribution < -0.4 is 10.9 Å². The first kappa shape index (κ1) is 20.4. The van der Waals surface area contributed by atoms with Crippen LogP contribution in [0.25, 0.3) is 33.0 Å². The van der Waals surface area contributed by atoms with Gasteiger partial charge >= 0.3 is 0 Å². The highest BCUT2D eigenvalue weighted by atomic mass is 35.5. The average Bonchev–Trinajstić information content (AvgIpc) is 3.16. The molecule has 0 saturated heterocycles. The van der Waals surface area contributed by atoms with E-state index in [1.54, 1.807) is 4.57 Å². The molecule has 5 aromatic rings. The molecule has 0 radical (unpaired) electrons. The van der Waals surface area contributed by atoms with Crippen LogP contribution in [0.5, 0.6) is 0 Å². The molecule has 32 heavy (non-hydrogen) atoms. The van der Waals surface area contributed by atoms with E-state index >= 15 is 0 Å². The van der Waals surface area contributed by atoms with Crippen LogP contribution >= 0.6 is 11.6 Å². The molecule has 0 atom stereocenters. The van der Waals surface area contributed by atoms with E-state index in [0.717, 1.165) is 33.3 Å². The van der Waals surface area contributed by atoms with E-state index < -0.39 is 0 Å². The monoisotopic (exact) mass is 442 g/mol. The number of para-hydroxylation sites is 1. The van der Waals surface area contributed by atoms with Crippen LogP contribution in [0.15, 0.2) is 75.9 Å². The molecule has 0 aliphatic heterocycles. The predicted octanol–water partition coefficient (Wildman–Crippen LogP) is 7.45. The second kappa shape index (κ2) is 7.88. The van der Waals surface area contributed by atoms with Crippen molar-refractivity contribution >= 4 is 45.0 Å². The van der Waals surface area contributed by atoms with Crippen molar-refractivity contribution in [2.75, 3.05) is 5.32 Å². The Morgan fingerprint density at radius 2 is 1.81 bits per heavy atom. The molecule has 0 fully saturated rings. The van der Waals surface area contributed by atoms with Gasteiger partial charge < -0.3 is 14.3 Å². The van der Waals surface area contributed by atoms with Gasteiger partial charge in [0.1, 0.15) is 0 Å². The second-order valence-electron chi connectivity index (χ2n) is 8.03. The van der Waals surface area contributed by atoms with Crippen LogP contribution in [0.3, 0.4) is 0 Å². The van der Waals surface area contributed by atoms with Crippen molar-refractivity contribution in [3.63, 3.8) is 0 Å². The molecule has 5 rings (SSSR count). The molecule has 0 spiro atoms. The Morgan fingerprint density at radius 3 is 2.56 bits per heavy atom. The Hall–Kier alpha value is -3.50. The highest BCUT2D eigenvalue weighted by Crippen LogP contribution is 2.41. The summed E-state index contributed by atoms with van der Waals surface area (Å²) >= 11 is 6.33. The van der Waals surface area contributed by atoms with E-state index in [1.807, 2.05) is 61.5 Å². The number of pyridine rings is 1. The maximum Gasteiger partial charge on any atom is 0.262 e. The molecule has 4 nitrogen and oxygen atoms in total. The zero-order valence-electron chi connectivity index (χ0n) is 18.2. The number of nitrogens with one attached hydrogen (secondary N) is 1. The summed E-state index contributed by atoms with van der Waals surface area (Å²) in [5.41, 5.74) is 6.13. The molecule has 0 aliphatic rings. The number of aromatic nitrogens is 1. The third-order valence-electron chi connectivity index (χ3n) is 5.87. The number of rotatable bonds is 4. The summed E-state index contributed by atoms with van der Waals surface area (Å²) in [6.07, 6.45) is 0. The lowest BCUT2D eigenvalue weighted by molar-refractivity contribution is 0.637. The fourth-order valence-corrected chi connectivity index (χ4v) is 4.56. The SMILES string of the molecule is CCn1c(=O)c2c(-c3cccc(Cl)c3)c(Nc3ccc(C)cc3C)oc2c2ccccc21. The summed E-state index contributed by atoms with van der Waals surface area (Å²) in [5.74, 6) is 0.533. The Bertz CT molecular complexity index is 1550. The zero-order valence-corrected chi connectivity index (χ0v) is 19.0. The summed E-state index contributed by atoms with van der Waals surface area (Å²) in [6, 6.07) is 21.6. The number of nitrogens with zero attached hydrogens (tertiary/aromatic N) is 1. The maximum absolute atomic E-state index is 13.7. The predicted molar refractivity (Wildman–Crippen MR) is 133 cm³/mol. The number of aryl methyl sites for hydroxylation is 3. The van der Waals surface area contributed by atoms with Crippen LogP contribution in [0, 0.1) is 13.8 Å². The lowest BCUT2D eigenvalue weighted by Crippen LogP contribution is -2.19. The van der Waals surface area contributed by atoms with Gasteiger partial charge in [-0.05, 0) is 62.2 Å². The number of hydrogen-bond acceptors (Lipinski definition) is 3. The molecule has 2 heterocycles. The van der Waals surface area contributed by atoms with Gasteiger partial charge in [0.2, 0.25) is 5.88 Å². The fraction of sp³-hybridized carbons (Fsp3) is 0.148. The largest absolute Gasteiger partial charge is 0.439 e. The molecule has 0 unspecified atom stereocenters. The van der Waals surface area contributed by atoms with Gasteiger partial charge in [-0.3, -0.25) is 4.79 Å². The fourth-order valence-electron chi connectivity index (χ4n) is 4.37. The summed E-state index contributed by atoms with van der Waals surface area (Å²) in [5, 5.41) is 5.51. The normalized spacial score (nSPS) is 11.4. The van der Waals surface area contributed by atoms with Gasteiger partial charge in [-0.2, -0.15) is 0 Å². The minimum absolute atomic E-state index is 0.0754. The van der Waals surface area contributed by atoms with E-state index in [-0.39, 0.29) is 5.56 Å². The first-order valence-electron chi connectivity index (χ1n) is 10.7. The van der Waals surface area contributed by atoms with E-state index in [1.165, 1.54) is 5.56 Å². The van der Waals surface area contributed by atoms with Gasteiger partial charge in [-0.15, -0.1) is 0 Å². The van der Waals surface area contributed by atoms with Crippen LogP contribution in [0.4, 0.5) is 11.6 Å². The topological polar surface area (TPSA) is 47.2 Å². The van der Waals surface area contributed by atoms with Gasteiger partial charge in [-0.1, -0.05) is 53.6 Å². The third kappa shape index (κ3) is 3.28. The Balaban J connectivity index is 1.89. The first-order chi connectivity index (χ1) is 15.5. The molecule has 5 heteroatoms. The maximum atomic E-state index is 13.7. The van der Waals surface area contributed by atoms with Gasteiger partial charge in [0, 0.05) is 22.6 Å². The van der Waals surface area contributed by atoms with Crippen molar-refractivity contribution in [3.05, 3.63) is 93.2 Å². The highest BCUT2D eigenvalue weighted by molar-refractivity contribution is 6.31. The number of furan rings is 1. The van der Waals surface area contributed by atoms with E-state index in [9.17, 15) is 4.79 Å². The van der Waals surface area contributed by atoms with Crippen molar-refractivity contribution < 1.29 is 4.42 Å². The van der Waals surface area contributed by atoms with E-state index in [0.29, 0.717) is 28.4 Å². The summed E-state index contributed by atoms with van der Waals surface area (Å²) in [4.78, 5) is 13.7. The van der Waals surface area contributed by atoms with Crippen LogP contribution in [-0.4, -0.2) is 4.57 Å². The van der Waals surface area contributed by atoms with E-state index in [4.69, 9.17) is 16.0 Å². The molecule has 0 aliphatic carbocycles. The standard InChI is InChI=1S/C27H23ClN2O2/c1-4-30-22-11-6-5-10-20(22)25-24(27(30)31)23(18-8-7-9-19(28)15-18)26(32-25)29-21-13-12-16(2)14-17(21)3/h5-15,29H,4H2,1-3H3. The lowest BCUT2D eigenvalue weighted by Gasteiger charge is -2.10. The Morgan fingerprint density at radius 1 is 1.00 bits per heavy atom. The van der Waals surface area contributed by atoms with Gasteiger partial charge in [-0.25, -0.2) is 0 Å². The second-order valence-corrected chi connectivity index (χ2v) is 8.47. The lowest BCUT2D eigenvalue weighted by atomic mass is 10.0. The smallest absolute Gasteiger partial charge is 0.262 e. The number of hydrogen-bond donors (Lipinski definition) is 1. The molecule has 160 valence electrons. The Kier molecular flexibility index (Phi) is 5.03. The molecule has 0 saturated carbocycles. The minimum Gasteiger partial charge on any atom is -0.439 e.